The van der Waals surface area contributed by atoms with Gasteiger partial charge in [-0.25, -0.2) is 0 Å². The van der Waals surface area contributed by atoms with Gasteiger partial charge in [-0.1, -0.05) is 6.42 Å². The average Bonchev–Trinajstić information content (AvgIpc) is 2.95. The van der Waals surface area contributed by atoms with Crippen molar-refractivity contribution < 1.29 is 4.79 Å². The summed E-state index contributed by atoms with van der Waals surface area (Å²) in [5.41, 5.74) is 0. The molecule has 0 radical (unpaired) electrons. The first-order chi connectivity index (χ1) is 9.81. The highest BCUT2D eigenvalue weighted by atomic mass is 35.5. The molecule has 122 valence electrons. The summed E-state index contributed by atoms with van der Waals surface area (Å²) in [6, 6.07) is 0.0738. The normalized spacial score (nSPS) is 30.5. The molecule has 1 amide bonds. The molecule has 0 aromatic rings. The fourth-order valence-electron chi connectivity index (χ4n) is 3.80. The van der Waals surface area contributed by atoms with Crippen LogP contribution in [0.15, 0.2) is 0 Å². The minimum Gasteiger partial charge on any atom is -0.354 e. The van der Waals surface area contributed by atoms with Crippen LogP contribution in [0, 0.1) is 11.8 Å². The van der Waals surface area contributed by atoms with Gasteiger partial charge in [0.05, 0.1) is 6.04 Å². The molecule has 2 saturated heterocycles. The van der Waals surface area contributed by atoms with E-state index in [1.165, 1.54) is 51.7 Å². The third kappa shape index (κ3) is 4.83. The van der Waals surface area contributed by atoms with E-state index in [1.807, 2.05) is 0 Å². The molecule has 2 aliphatic heterocycles. The Labute approximate surface area is 134 Å². The molecule has 0 bridgehead atoms. The summed E-state index contributed by atoms with van der Waals surface area (Å²) >= 11 is 0. The lowest BCUT2D eigenvalue weighted by Gasteiger charge is -2.37. The molecule has 3 aliphatic rings. The molecule has 4 nitrogen and oxygen atoms in total. The third-order valence-corrected chi connectivity index (χ3v) is 5.29. The molecule has 2 atom stereocenters. The standard InChI is InChI=1S/C16H29N3O.ClH/c20-16(15-7-2-8-17-15)18-10-14-6-3-9-19(12-14)11-13-4-1-5-13;/h13-15,17H,1-12H2,(H,18,20);1H. The first-order valence-electron chi connectivity index (χ1n) is 8.55. The van der Waals surface area contributed by atoms with E-state index in [1.54, 1.807) is 0 Å². The summed E-state index contributed by atoms with van der Waals surface area (Å²) in [5.74, 6) is 1.85. The highest BCUT2D eigenvalue weighted by molar-refractivity contribution is 5.85. The molecule has 1 aliphatic carbocycles. The fourth-order valence-corrected chi connectivity index (χ4v) is 3.80. The van der Waals surface area contributed by atoms with Crippen LogP contribution in [0.4, 0.5) is 0 Å². The molecular formula is C16H30ClN3O. The molecule has 2 N–H and O–H groups in total. The zero-order valence-corrected chi connectivity index (χ0v) is 13.8. The molecule has 0 aromatic heterocycles. The third-order valence-electron chi connectivity index (χ3n) is 5.29. The van der Waals surface area contributed by atoms with Crippen LogP contribution < -0.4 is 10.6 Å². The van der Waals surface area contributed by atoms with Crippen LogP contribution in [0.3, 0.4) is 0 Å². The van der Waals surface area contributed by atoms with Crippen molar-refractivity contribution in [3.05, 3.63) is 0 Å². The summed E-state index contributed by atoms with van der Waals surface area (Å²) in [7, 11) is 0. The topological polar surface area (TPSA) is 44.4 Å². The maximum absolute atomic E-state index is 12.0. The second-order valence-electron chi connectivity index (χ2n) is 6.96. The number of rotatable bonds is 5. The van der Waals surface area contributed by atoms with E-state index in [0.717, 1.165) is 31.8 Å². The van der Waals surface area contributed by atoms with Gasteiger partial charge in [0.15, 0.2) is 0 Å². The number of hydrogen-bond acceptors (Lipinski definition) is 3. The van der Waals surface area contributed by atoms with Gasteiger partial charge in [0, 0.05) is 19.6 Å². The van der Waals surface area contributed by atoms with Crippen molar-refractivity contribution in [1.82, 2.24) is 15.5 Å². The molecular weight excluding hydrogens is 286 g/mol. The first-order valence-corrected chi connectivity index (χ1v) is 8.55. The number of halogens is 1. The Balaban J connectivity index is 0.00000161. The van der Waals surface area contributed by atoms with Crippen LogP contribution in [0.1, 0.15) is 44.9 Å². The zero-order chi connectivity index (χ0) is 13.8. The zero-order valence-electron chi connectivity index (χ0n) is 13.0. The predicted octanol–water partition coefficient (Wildman–Crippen LogP) is 1.79. The number of hydrogen-bond donors (Lipinski definition) is 2. The van der Waals surface area contributed by atoms with E-state index in [2.05, 4.69) is 15.5 Å². The molecule has 2 heterocycles. The Morgan fingerprint density at radius 2 is 1.90 bits per heavy atom. The molecule has 2 unspecified atom stereocenters. The summed E-state index contributed by atoms with van der Waals surface area (Å²) in [6.07, 6.45) is 9.03. The largest absolute Gasteiger partial charge is 0.354 e. The summed E-state index contributed by atoms with van der Waals surface area (Å²) < 4.78 is 0. The van der Waals surface area contributed by atoms with Crippen molar-refractivity contribution >= 4 is 18.3 Å². The summed E-state index contributed by atoms with van der Waals surface area (Å²) in [4.78, 5) is 14.7. The van der Waals surface area contributed by atoms with Gasteiger partial charge in [-0.15, -0.1) is 12.4 Å². The van der Waals surface area contributed by atoms with Gasteiger partial charge in [-0.05, 0) is 63.5 Å². The van der Waals surface area contributed by atoms with Gasteiger partial charge in [-0.2, -0.15) is 0 Å². The molecule has 3 fully saturated rings. The predicted molar refractivity (Wildman–Crippen MR) is 87.8 cm³/mol. The van der Waals surface area contributed by atoms with Crippen LogP contribution >= 0.6 is 12.4 Å². The van der Waals surface area contributed by atoms with E-state index in [9.17, 15) is 4.79 Å². The van der Waals surface area contributed by atoms with E-state index >= 15 is 0 Å². The van der Waals surface area contributed by atoms with Gasteiger partial charge >= 0.3 is 0 Å². The van der Waals surface area contributed by atoms with Crippen molar-refractivity contribution in [3.63, 3.8) is 0 Å². The lowest BCUT2D eigenvalue weighted by atomic mass is 9.84. The lowest BCUT2D eigenvalue weighted by molar-refractivity contribution is -0.123. The number of nitrogens with one attached hydrogen (secondary N) is 2. The van der Waals surface area contributed by atoms with Crippen LogP contribution in [-0.2, 0) is 4.79 Å². The second kappa shape index (κ2) is 8.35. The van der Waals surface area contributed by atoms with Gasteiger partial charge < -0.3 is 15.5 Å². The summed E-state index contributed by atoms with van der Waals surface area (Å²) in [6.45, 7) is 5.63. The van der Waals surface area contributed by atoms with E-state index in [0.29, 0.717) is 5.92 Å². The first kappa shape index (κ1) is 17.0. The van der Waals surface area contributed by atoms with Crippen molar-refractivity contribution in [2.75, 3.05) is 32.7 Å². The van der Waals surface area contributed by atoms with E-state index in [-0.39, 0.29) is 24.4 Å². The maximum Gasteiger partial charge on any atom is 0.237 e. The molecule has 0 aromatic carbocycles. The van der Waals surface area contributed by atoms with Crippen LogP contribution in [-0.4, -0.2) is 49.6 Å². The van der Waals surface area contributed by atoms with Crippen molar-refractivity contribution in [1.29, 1.82) is 0 Å². The van der Waals surface area contributed by atoms with Gasteiger partial charge in [-0.3, -0.25) is 4.79 Å². The maximum atomic E-state index is 12.0. The Kier molecular flexibility index (Phi) is 6.77. The Morgan fingerprint density at radius 3 is 2.57 bits per heavy atom. The molecule has 3 rings (SSSR count). The van der Waals surface area contributed by atoms with Crippen LogP contribution in [0.2, 0.25) is 0 Å². The van der Waals surface area contributed by atoms with Crippen molar-refractivity contribution in [3.8, 4) is 0 Å². The number of likely N-dealkylation sites (tertiary alicyclic amines) is 1. The van der Waals surface area contributed by atoms with Crippen LogP contribution in [0.5, 0.6) is 0 Å². The lowest BCUT2D eigenvalue weighted by Crippen LogP contribution is -2.46. The highest BCUT2D eigenvalue weighted by Crippen LogP contribution is 2.28. The minimum atomic E-state index is 0. The average molecular weight is 316 g/mol. The Morgan fingerprint density at radius 1 is 1.10 bits per heavy atom. The number of carbonyl (C=O) groups excluding carboxylic acids is 1. The smallest absolute Gasteiger partial charge is 0.237 e. The SMILES string of the molecule is Cl.O=C(NCC1CCCN(CC2CCC2)C1)C1CCCN1. The molecule has 21 heavy (non-hydrogen) atoms. The Hall–Kier alpha value is -0.320. The van der Waals surface area contributed by atoms with Gasteiger partial charge in [0.1, 0.15) is 0 Å². The van der Waals surface area contributed by atoms with Crippen molar-refractivity contribution in [2.45, 2.75) is 51.0 Å². The van der Waals surface area contributed by atoms with E-state index in [4.69, 9.17) is 0 Å². The second-order valence-corrected chi connectivity index (χ2v) is 6.96. The Bertz CT molecular complexity index is 329. The van der Waals surface area contributed by atoms with Gasteiger partial charge in [0.25, 0.3) is 0 Å². The number of nitrogens with zero attached hydrogens (tertiary/aromatic N) is 1. The quantitative estimate of drug-likeness (QED) is 0.813. The number of amides is 1. The number of carbonyl (C=O) groups is 1. The van der Waals surface area contributed by atoms with Crippen LogP contribution in [0.25, 0.3) is 0 Å². The van der Waals surface area contributed by atoms with Gasteiger partial charge in [0.2, 0.25) is 5.91 Å². The van der Waals surface area contributed by atoms with E-state index < -0.39 is 0 Å². The van der Waals surface area contributed by atoms with Crippen molar-refractivity contribution in [2.24, 2.45) is 11.8 Å². The molecule has 5 heteroatoms. The number of piperidine rings is 1. The minimum absolute atomic E-state index is 0. The fraction of sp³-hybridized carbons (Fsp3) is 0.938. The monoisotopic (exact) mass is 315 g/mol. The molecule has 1 saturated carbocycles. The highest BCUT2D eigenvalue weighted by Gasteiger charge is 2.26. The summed E-state index contributed by atoms with van der Waals surface area (Å²) in [5, 5.41) is 6.44. The molecule has 0 spiro atoms.